The molecule has 0 aliphatic carbocycles. The largest absolute Gasteiger partial charge is 0.480 e. The Hall–Kier alpha value is -1.10. The summed E-state index contributed by atoms with van der Waals surface area (Å²) >= 11 is 5.90. The van der Waals surface area contributed by atoms with Crippen LogP contribution in [0.4, 0.5) is 0 Å². The molecule has 2 rings (SSSR count). The maximum atomic E-state index is 11.0. The van der Waals surface area contributed by atoms with Gasteiger partial charge < -0.3 is 10.8 Å². The number of nitrogens with two attached hydrogens (primary N) is 1. The van der Waals surface area contributed by atoms with Crippen molar-refractivity contribution in [1.82, 2.24) is 4.90 Å². The van der Waals surface area contributed by atoms with Gasteiger partial charge in [0.15, 0.2) is 0 Å². The molecule has 1 fully saturated rings. The molecule has 1 aromatic rings. The molecule has 5 heteroatoms. The average Bonchev–Trinajstić information content (AvgIpc) is 2.90. The standard InChI is InChI=1S/C14H19ClN2O2/c15-11-5-3-10(4-6-11)13(9-12(16)14(18)19)17-7-1-2-8-17/h3-6,12-13H,1-2,7-9,16H2,(H,18,19)/t12-,13+/m0/s1. The van der Waals surface area contributed by atoms with Crippen molar-refractivity contribution in [2.24, 2.45) is 5.73 Å². The van der Waals surface area contributed by atoms with E-state index in [4.69, 9.17) is 22.4 Å². The van der Waals surface area contributed by atoms with Gasteiger partial charge in [0.25, 0.3) is 0 Å². The molecule has 0 aromatic heterocycles. The minimum atomic E-state index is -0.946. The van der Waals surface area contributed by atoms with Crippen LogP contribution < -0.4 is 5.73 Å². The third-order valence-electron chi connectivity index (χ3n) is 3.63. The maximum Gasteiger partial charge on any atom is 0.320 e. The van der Waals surface area contributed by atoms with E-state index < -0.39 is 12.0 Å². The summed E-state index contributed by atoms with van der Waals surface area (Å²) in [5.41, 5.74) is 6.79. The second-order valence-electron chi connectivity index (χ2n) is 4.99. The summed E-state index contributed by atoms with van der Waals surface area (Å²) in [7, 11) is 0. The molecular formula is C14H19ClN2O2. The SMILES string of the molecule is N[C@@H](C[C@H](c1ccc(Cl)cc1)N1CCCC1)C(=O)O. The van der Waals surface area contributed by atoms with Gasteiger partial charge in [0, 0.05) is 11.1 Å². The lowest BCUT2D eigenvalue weighted by molar-refractivity contribution is -0.139. The molecule has 1 saturated heterocycles. The van der Waals surface area contributed by atoms with Crippen LogP contribution in [0.15, 0.2) is 24.3 Å². The van der Waals surface area contributed by atoms with Crippen molar-refractivity contribution in [2.75, 3.05) is 13.1 Å². The summed E-state index contributed by atoms with van der Waals surface area (Å²) in [6.07, 6.45) is 2.75. The number of carbonyl (C=O) groups is 1. The Morgan fingerprint density at radius 3 is 2.42 bits per heavy atom. The first-order valence-corrected chi connectivity index (χ1v) is 6.93. The maximum absolute atomic E-state index is 11.0. The molecule has 0 spiro atoms. The fraction of sp³-hybridized carbons (Fsp3) is 0.500. The number of aliphatic carboxylic acids is 1. The normalized spacial score (nSPS) is 19.3. The zero-order valence-corrected chi connectivity index (χ0v) is 11.5. The number of likely N-dealkylation sites (tertiary alicyclic amines) is 1. The Bertz CT molecular complexity index is 430. The predicted molar refractivity (Wildman–Crippen MR) is 75.2 cm³/mol. The lowest BCUT2D eigenvalue weighted by atomic mass is 9.98. The topological polar surface area (TPSA) is 66.6 Å². The monoisotopic (exact) mass is 282 g/mol. The Kier molecular flexibility index (Phi) is 4.80. The highest BCUT2D eigenvalue weighted by Crippen LogP contribution is 2.29. The molecule has 0 unspecified atom stereocenters. The fourth-order valence-corrected chi connectivity index (χ4v) is 2.70. The van der Waals surface area contributed by atoms with E-state index in [-0.39, 0.29) is 6.04 Å². The van der Waals surface area contributed by atoms with E-state index in [0.717, 1.165) is 31.5 Å². The predicted octanol–water partition coefficient (Wildman–Crippen LogP) is 2.28. The van der Waals surface area contributed by atoms with E-state index in [1.165, 1.54) is 0 Å². The third kappa shape index (κ3) is 3.69. The molecular weight excluding hydrogens is 264 g/mol. The van der Waals surface area contributed by atoms with Gasteiger partial charge >= 0.3 is 5.97 Å². The van der Waals surface area contributed by atoms with Gasteiger partial charge in [-0.2, -0.15) is 0 Å². The molecule has 0 amide bonds. The molecule has 2 atom stereocenters. The Balaban J connectivity index is 2.17. The molecule has 1 aromatic carbocycles. The number of carboxylic acid groups (broad SMARTS) is 1. The molecule has 19 heavy (non-hydrogen) atoms. The van der Waals surface area contributed by atoms with Crippen LogP contribution in [0.3, 0.4) is 0 Å². The number of carboxylic acids is 1. The van der Waals surface area contributed by atoms with Crippen LogP contribution in [0.5, 0.6) is 0 Å². The smallest absolute Gasteiger partial charge is 0.320 e. The van der Waals surface area contributed by atoms with Crippen LogP contribution in [0.2, 0.25) is 5.02 Å². The molecule has 4 nitrogen and oxygen atoms in total. The van der Waals surface area contributed by atoms with E-state index >= 15 is 0 Å². The number of hydrogen-bond donors (Lipinski definition) is 2. The van der Waals surface area contributed by atoms with Crippen molar-refractivity contribution in [3.05, 3.63) is 34.9 Å². The number of nitrogens with zero attached hydrogens (tertiary/aromatic N) is 1. The molecule has 0 radical (unpaired) electrons. The summed E-state index contributed by atoms with van der Waals surface area (Å²) in [6, 6.07) is 6.82. The van der Waals surface area contributed by atoms with Crippen molar-refractivity contribution in [3.8, 4) is 0 Å². The molecule has 0 saturated carbocycles. The summed E-state index contributed by atoms with van der Waals surface area (Å²) in [4.78, 5) is 13.3. The van der Waals surface area contributed by atoms with Crippen molar-refractivity contribution in [3.63, 3.8) is 0 Å². The quantitative estimate of drug-likeness (QED) is 0.869. The van der Waals surface area contributed by atoms with E-state index in [2.05, 4.69) is 4.90 Å². The van der Waals surface area contributed by atoms with Crippen molar-refractivity contribution in [1.29, 1.82) is 0 Å². The molecule has 1 heterocycles. The molecule has 1 aliphatic heterocycles. The average molecular weight is 283 g/mol. The highest BCUT2D eigenvalue weighted by atomic mass is 35.5. The van der Waals surface area contributed by atoms with E-state index in [0.29, 0.717) is 11.4 Å². The number of benzene rings is 1. The highest BCUT2D eigenvalue weighted by Gasteiger charge is 2.27. The summed E-state index contributed by atoms with van der Waals surface area (Å²) in [5, 5.41) is 9.69. The van der Waals surface area contributed by atoms with Crippen molar-refractivity contribution < 1.29 is 9.90 Å². The van der Waals surface area contributed by atoms with Crippen LogP contribution >= 0.6 is 11.6 Å². The van der Waals surface area contributed by atoms with E-state index in [1.54, 1.807) is 0 Å². The van der Waals surface area contributed by atoms with Crippen molar-refractivity contribution in [2.45, 2.75) is 31.3 Å². The number of hydrogen-bond acceptors (Lipinski definition) is 3. The first kappa shape index (κ1) is 14.3. The molecule has 3 N–H and O–H groups in total. The van der Waals surface area contributed by atoms with Gasteiger partial charge in [0.2, 0.25) is 0 Å². The summed E-state index contributed by atoms with van der Waals surface area (Å²) in [6.45, 7) is 2.00. The fourth-order valence-electron chi connectivity index (χ4n) is 2.58. The van der Waals surface area contributed by atoms with Gasteiger partial charge in [-0.1, -0.05) is 23.7 Å². The first-order valence-electron chi connectivity index (χ1n) is 6.56. The first-order chi connectivity index (χ1) is 9.08. The van der Waals surface area contributed by atoms with Crippen LogP contribution in [0, 0.1) is 0 Å². The third-order valence-corrected chi connectivity index (χ3v) is 3.88. The minimum Gasteiger partial charge on any atom is -0.480 e. The zero-order valence-electron chi connectivity index (χ0n) is 10.8. The highest BCUT2D eigenvalue weighted by molar-refractivity contribution is 6.30. The van der Waals surface area contributed by atoms with Crippen LogP contribution in [0.25, 0.3) is 0 Å². The molecule has 1 aliphatic rings. The van der Waals surface area contributed by atoms with Gasteiger partial charge in [-0.3, -0.25) is 9.69 Å². The summed E-state index contributed by atoms with van der Waals surface area (Å²) in [5.74, 6) is -0.946. The lowest BCUT2D eigenvalue weighted by Gasteiger charge is -2.29. The van der Waals surface area contributed by atoms with E-state index in [9.17, 15) is 4.79 Å². The molecule has 0 bridgehead atoms. The van der Waals surface area contributed by atoms with Crippen LogP contribution in [0.1, 0.15) is 30.9 Å². The van der Waals surface area contributed by atoms with Crippen LogP contribution in [-0.4, -0.2) is 35.1 Å². The van der Waals surface area contributed by atoms with Gasteiger partial charge in [0.05, 0.1) is 0 Å². The Morgan fingerprint density at radius 1 is 1.32 bits per heavy atom. The Labute approximate surface area is 118 Å². The number of halogens is 1. The second kappa shape index (κ2) is 6.37. The Morgan fingerprint density at radius 2 is 1.89 bits per heavy atom. The van der Waals surface area contributed by atoms with Gasteiger partial charge in [-0.25, -0.2) is 0 Å². The second-order valence-corrected chi connectivity index (χ2v) is 5.43. The van der Waals surface area contributed by atoms with Gasteiger partial charge in [-0.15, -0.1) is 0 Å². The van der Waals surface area contributed by atoms with Crippen molar-refractivity contribution >= 4 is 17.6 Å². The minimum absolute atomic E-state index is 0.0610. The number of rotatable bonds is 5. The van der Waals surface area contributed by atoms with Gasteiger partial charge in [0.1, 0.15) is 6.04 Å². The van der Waals surface area contributed by atoms with Gasteiger partial charge in [-0.05, 0) is 50.0 Å². The zero-order chi connectivity index (χ0) is 13.8. The molecule has 104 valence electrons. The summed E-state index contributed by atoms with van der Waals surface area (Å²) < 4.78 is 0. The lowest BCUT2D eigenvalue weighted by Crippen LogP contribution is -2.36. The van der Waals surface area contributed by atoms with E-state index in [1.807, 2.05) is 24.3 Å². The van der Waals surface area contributed by atoms with Crippen LogP contribution in [-0.2, 0) is 4.79 Å².